The van der Waals surface area contributed by atoms with Crippen LogP contribution >= 0.6 is 0 Å². The van der Waals surface area contributed by atoms with E-state index in [2.05, 4.69) is 4.98 Å². The molecule has 3 N–H and O–H groups in total. The number of ether oxygens (including phenoxy) is 1. The quantitative estimate of drug-likeness (QED) is 0.641. The summed E-state index contributed by atoms with van der Waals surface area (Å²) in [6.45, 7) is 0.380. The number of carbonyl (C=O) groups excluding carboxylic acids is 2. The summed E-state index contributed by atoms with van der Waals surface area (Å²) in [6.07, 6.45) is 3.82. The number of aromatic nitrogens is 1. The summed E-state index contributed by atoms with van der Waals surface area (Å²) in [6, 6.07) is 7.47. The van der Waals surface area contributed by atoms with E-state index in [4.69, 9.17) is 10.5 Å². The first-order valence-electron chi connectivity index (χ1n) is 6.69. The van der Waals surface area contributed by atoms with Gasteiger partial charge in [0.1, 0.15) is 0 Å². The number of esters is 1. The fourth-order valence-electron chi connectivity index (χ4n) is 2.30. The van der Waals surface area contributed by atoms with E-state index in [1.165, 1.54) is 0 Å². The third kappa shape index (κ3) is 2.39. The van der Waals surface area contributed by atoms with Crippen LogP contribution in [0.3, 0.4) is 0 Å². The molecule has 0 bridgehead atoms. The Morgan fingerprint density at radius 1 is 1.35 bits per heavy atom. The van der Waals surface area contributed by atoms with Gasteiger partial charge < -0.3 is 15.5 Å². The first-order valence-corrected chi connectivity index (χ1v) is 6.69. The van der Waals surface area contributed by atoms with Crippen LogP contribution < -0.4 is 5.73 Å². The van der Waals surface area contributed by atoms with Crippen molar-refractivity contribution in [1.29, 1.82) is 0 Å². The average molecular weight is 272 g/mol. The Morgan fingerprint density at radius 2 is 2.10 bits per heavy atom. The van der Waals surface area contributed by atoms with Crippen LogP contribution in [0, 0.1) is 5.92 Å². The molecule has 2 aromatic rings. The monoisotopic (exact) mass is 272 g/mol. The van der Waals surface area contributed by atoms with Crippen LogP contribution in [-0.2, 0) is 14.3 Å². The molecular weight excluding hydrogens is 256 g/mol. The Kier molecular flexibility index (Phi) is 3.18. The number of rotatable bonds is 5. The standard InChI is InChI=1S/C15H16N2O3/c16-14(18)13(15(19)20-8-9-5-6-9)11-7-17-12-4-2-1-3-10(11)12/h1-4,7,9,13,17H,5-6,8H2,(H2,16,18). The van der Waals surface area contributed by atoms with Crippen LogP contribution in [0.1, 0.15) is 24.3 Å². The number of nitrogens with two attached hydrogens (primary N) is 1. The van der Waals surface area contributed by atoms with E-state index in [1.807, 2.05) is 24.3 Å². The molecule has 104 valence electrons. The second-order valence-electron chi connectivity index (χ2n) is 5.20. The van der Waals surface area contributed by atoms with E-state index in [0.29, 0.717) is 18.1 Å². The van der Waals surface area contributed by atoms with Crippen molar-refractivity contribution in [2.24, 2.45) is 11.7 Å². The maximum atomic E-state index is 12.1. The van der Waals surface area contributed by atoms with Crippen molar-refractivity contribution >= 4 is 22.8 Å². The van der Waals surface area contributed by atoms with Crippen molar-refractivity contribution in [2.45, 2.75) is 18.8 Å². The highest BCUT2D eigenvalue weighted by Gasteiger charge is 2.32. The Balaban J connectivity index is 1.89. The topological polar surface area (TPSA) is 85.2 Å². The number of nitrogens with one attached hydrogen (secondary N) is 1. The molecule has 1 amide bonds. The van der Waals surface area contributed by atoms with Gasteiger partial charge >= 0.3 is 5.97 Å². The molecule has 1 fully saturated rings. The van der Waals surface area contributed by atoms with Gasteiger partial charge in [-0.2, -0.15) is 0 Å². The molecule has 1 saturated carbocycles. The molecule has 5 heteroatoms. The number of H-pyrrole nitrogens is 1. The van der Waals surface area contributed by atoms with Gasteiger partial charge in [-0.1, -0.05) is 18.2 Å². The molecule has 1 heterocycles. The largest absolute Gasteiger partial charge is 0.465 e. The van der Waals surface area contributed by atoms with Gasteiger partial charge in [0.25, 0.3) is 0 Å². The number of amides is 1. The third-order valence-electron chi connectivity index (χ3n) is 3.61. The maximum Gasteiger partial charge on any atom is 0.323 e. The van der Waals surface area contributed by atoms with Gasteiger partial charge in [-0.25, -0.2) is 0 Å². The van der Waals surface area contributed by atoms with Crippen LogP contribution in [-0.4, -0.2) is 23.5 Å². The zero-order valence-electron chi connectivity index (χ0n) is 11.0. The first kappa shape index (κ1) is 12.7. The van der Waals surface area contributed by atoms with Crippen molar-refractivity contribution in [1.82, 2.24) is 4.98 Å². The molecule has 1 aromatic carbocycles. The van der Waals surface area contributed by atoms with Crippen molar-refractivity contribution in [2.75, 3.05) is 6.61 Å². The smallest absolute Gasteiger partial charge is 0.323 e. The Morgan fingerprint density at radius 3 is 2.80 bits per heavy atom. The molecule has 1 aliphatic rings. The molecule has 20 heavy (non-hydrogen) atoms. The summed E-state index contributed by atoms with van der Waals surface area (Å²) in [5.74, 6) is -1.84. The van der Waals surface area contributed by atoms with Crippen LogP contribution in [0.4, 0.5) is 0 Å². The van der Waals surface area contributed by atoms with Crippen LogP contribution in [0.2, 0.25) is 0 Å². The SMILES string of the molecule is NC(=O)C(C(=O)OCC1CC1)c1c[nH]c2ccccc12. The summed E-state index contributed by atoms with van der Waals surface area (Å²) in [7, 11) is 0. The fourth-order valence-corrected chi connectivity index (χ4v) is 2.30. The van der Waals surface area contributed by atoms with E-state index in [1.54, 1.807) is 6.20 Å². The fraction of sp³-hybridized carbons (Fsp3) is 0.333. The predicted octanol–water partition coefficient (Wildman–Crippen LogP) is 1.69. The maximum absolute atomic E-state index is 12.1. The zero-order valence-corrected chi connectivity index (χ0v) is 11.0. The highest BCUT2D eigenvalue weighted by Crippen LogP contribution is 2.31. The molecule has 1 aromatic heterocycles. The molecule has 1 unspecified atom stereocenters. The van der Waals surface area contributed by atoms with E-state index in [0.717, 1.165) is 23.7 Å². The van der Waals surface area contributed by atoms with E-state index >= 15 is 0 Å². The lowest BCUT2D eigenvalue weighted by molar-refractivity contribution is -0.148. The lowest BCUT2D eigenvalue weighted by Gasteiger charge is -2.12. The van der Waals surface area contributed by atoms with Crippen LogP contribution in [0.25, 0.3) is 10.9 Å². The number of para-hydroxylation sites is 1. The van der Waals surface area contributed by atoms with Crippen molar-refractivity contribution in [3.8, 4) is 0 Å². The van der Waals surface area contributed by atoms with Gasteiger partial charge in [0.2, 0.25) is 5.91 Å². The summed E-state index contributed by atoms with van der Waals surface area (Å²) < 4.78 is 5.21. The summed E-state index contributed by atoms with van der Waals surface area (Å²) in [5.41, 5.74) is 6.83. The second kappa shape index (κ2) is 5.00. The number of hydrogen-bond donors (Lipinski definition) is 2. The number of primary amides is 1. The minimum absolute atomic E-state index is 0.380. The molecule has 5 nitrogen and oxygen atoms in total. The summed E-state index contributed by atoms with van der Waals surface area (Å²) in [5, 5.41) is 0.819. The lowest BCUT2D eigenvalue weighted by atomic mass is 9.98. The van der Waals surface area contributed by atoms with Gasteiger partial charge in [-0.3, -0.25) is 9.59 Å². The normalized spacial score (nSPS) is 16.0. The van der Waals surface area contributed by atoms with Gasteiger partial charge in [-0.05, 0) is 24.8 Å². The van der Waals surface area contributed by atoms with E-state index < -0.39 is 17.8 Å². The molecule has 1 atom stereocenters. The molecule has 1 aliphatic carbocycles. The number of benzene rings is 1. The summed E-state index contributed by atoms with van der Waals surface area (Å²) in [4.78, 5) is 26.8. The van der Waals surface area contributed by atoms with Gasteiger partial charge in [-0.15, -0.1) is 0 Å². The highest BCUT2D eigenvalue weighted by molar-refractivity contribution is 6.06. The predicted molar refractivity (Wildman–Crippen MR) is 73.9 cm³/mol. The number of fused-ring (bicyclic) bond motifs is 1. The van der Waals surface area contributed by atoms with Crippen LogP contribution in [0.15, 0.2) is 30.5 Å². The van der Waals surface area contributed by atoms with Crippen molar-refractivity contribution in [3.05, 3.63) is 36.0 Å². The third-order valence-corrected chi connectivity index (χ3v) is 3.61. The van der Waals surface area contributed by atoms with Crippen molar-refractivity contribution < 1.29 is 14.3 Å². The molecule has 0 saturated heterocycles. The molecule has 0 radical (unpaired) electrons. The Hall–Kier alpha value is -2.30. The second-order valence-corrected chi connectivity index (χ2v) is 5.20. The first-order chi connectivity index (χ1) is 9.66. The average Bonchev–Trinajstić information content (AvgIpc) is 3.17. The molecule has 0 aliphatic heterocycles. The minimum atomic E-state index is -1.05. The van der Waals surface area contributed by atoms with Gasteiger partial charge in [0.05, 0.1) is 6.61 Å². The number of aromatic amines is 1. The highest BCUT2D eigenvalue weighted by atomic mass is 16.5. The summed E-state index contributed by atoms with van der Waals surface area (Å²) >= 11 is 0. The number of carbonyl (C=O) groups is 2. The Labute approximate surface area is 116 Å². The van der Waals surface area contributed by atoms with Crippen LogP contribution in [0.5, 0.6) is 0 Å². The molecule has 0 spiro atoms. The molecular formula is C15H16N2O3. The van der Waals surface area contributed by atoms with E-state index in [-0.39, 0.29) is 0 Å². The van der Waals surface area contributed by atoms with Gasteiger partial charge in [0, 0.05) is 22.7 Å². The van der Waals surface area contributed by atoms with E-state index in [9.17, 15) is 9.59 Å². The number of hydrogen-bond acceptors (Lipinski definition) is 3. The van der Waals surface area contributed by atoms with Crippen molar-refractivity contribution in [3.63, 3.8) is 0 Å². The lowest BCUT2D eigenvalue weighted by Crippen LogP contribution is -2.30. The Bertz CT molecular complexity index is 658. The minimum Gasteiger partial charge on any atom is -0.465 e. The molecule has 3 rings (SSSR count). The zero-order chi connectivity index (χ0) is 14.1. The van der Waals surface area contributed by atoms with Gasteiger partial charge in [0.15, 0.2) is 5.92 Å².